The number of para-hydroxylation sites is 1. The molecule has 0 bridgehead atoms. The van der Waals surface area contributed by atoms with E-state index in [0.717, 1.165) is 5.39 Å². The molecule has 166 valence electrons. The third kappa shape index (κ3) is 5.62. The van der Waals surface area contributed by atoms with Crippen LogP contribution >= 0.6 is 0 Å². The number of methoxy groups -OCH3 is 1. The van der Waals surface area contributed by atoms with Crippen LogP contribution in [0.2, 0.25) is 0 Å². The Balaban J connectivity index is 1.54. The molecule has 1 aliphatic heterocycles. The van der Waals surface area contributed by atoms with E-state index in [-0.39, 0.29) is 24.2 Å². The molecule has 0 saturated carbocycles. The fourth-order valence-electron chi connectivity index (χ4n) is 3.25. The number of fused-ring (bicyclic) bond motifs is 1. The number of pyridine rings is 1. The number of amides is 3. The SMILES string of the molecule is COc1cc(C(=O)NCC(=O)N2CCN(C(=O)OC(C)(C)C)CC2)nc2ccccc12. The summed E-state index contributed by atoms with van der Waals surface area (Å²) in [4.78, 5) is 44.7. The number of hydrogen-bond acceptors (Lipinski definition) is 6. The molecule has 1 N–H and O–H groups in total. The van der Waals surface area contributed by atoms with Gasteiger partial charge in [-0.05, 0) is 32.9 Å². The van der Waals surface area contributed by atoms with Crippen molar-refractivity contribution in [1.82, 2.24) is 20.1 Å². The molecule has 2 aromatic rings. The minimum atomic E-state index is -0.562. The van der Waals surface area contributed by atoms with Gasteiger partial charge in [0.1, 0.15) is 17.0 Å². The second kappa shape index (κ2) is 9.20. The van der Waals surface area contributed by atoms with Gasteiger partial charge in [0.2, 0.25) is 5.91 Å². The molecule has 0 spiro atoms. The summed E-state index contributed by atoms with van der Waals surface area (Å²) in [6.45, 7) is 6.83. The number of ether oxygens (including phenoxy) is 2. The number of nitrogens with one attached hydrogen (secondary N) is 1. The van der Waals surface area contributed by atoms with Gasteiger partial charge in [0.05, 0.1) is 19.2 Å². The highest BCUT2D eigenvalue weighted by atomic mass is 16.6. The molecular weight excluding hydrogens is 400 g/mol. The van der Waals surface area contributed by atoms with Crippen LogP contribution < -0.4 is 10.1 Å². The molecular formula is C22H28N4O5. The van der Waals surface area contributed by atoms with Crippen LogP contribution in [0.3, 0.4) is 0 Å². The van der Waals surface area contributed by atoms with Crippen molar-refractivity contribution >= 4 is 28.8 Å². The second-order valence-corrected chi connectivity index (χ2v) is 8.26. The number of benzene rings is 1. The molecule has 1 saturated heterocycles. The van der Waals surface area contributed by atoms with Gasteiger partial charge < -0.3 is 24.6 Å². The first kappa shape index (κ1) is 22.3. The minimum Gasteiger partial charge on any atom is -0.496 e. The monoisotopic (exact) mass is 428 g/mol. The van der Waals surface area contributed by atoms with Crippen molar-refractivity contribution in [2.24, 2.45) is 0 Å². The Kier molecular flexibility index (Phi) is 6.62. The summed E-state index contributed by atoms with van der Waals surface area (Å²) in [7, 11) is 1.53. The van der Waals surface area contributed by atoms with E-state index in [2.05, 4.69) is 10.3 Å². The normalized spacial score (nSPS) is 14.3. The first-order chi connectivity index (χ1) is 14.7. The fourth-order valence-corrected chi connectivity index (χ4v) is 3.25. The average molecular weight is 428 g/mol. The van der Waals surface area contributed by atoms with Gasteiger partial charge >= 0.3 is 6.09 Å². The van der Waals surface area contributed by atoms with Crippen LogP contribution in [0, 0.1) is 0 Å². The van der Waals surface area contributed by atoms with Gasteiger partial charge in [-0.3, -0.25) is 9.59 Å². The maximum Gasteiger partial charge on any atom is 0.410 e. The summed E-state index contributed by atoms with van der Waals surface area (Å²) < 4.78 is 10.7. The van der Waals surface area contributed by atoms with Crippen molar-refractivity contribution in [3.8, 4) is 5.75 Å². The van der Waals surface area contributed by atoms with Crippen LogP contribution in [0.15, 0.2) is 30.3 Å². The predicted molar refractivity (Wildman–Crippen MR) is 115 cm³/mol. The van der Waals surface area contributed by atoms with Gasteiger partial charge in [0.25, 0.3) is 5.91 Å². The summed E-state index contributed by atoms with van der Waals surface area (Å²) in [5.74, 6) is -0.130. The van der Waals surface area contributed by atoms with Crippen molar-refractivity contribution in [1.29, 1.82) is 0 Å². The molecule has 0 atom stereocenters. The average Bonchev–Trinajstić information content (AvgIpc) is 2.75. The quantitative estimate of drug-likeness (QED) is 0.800. The van der Waals surface area contributed by atoms with Crippen molar-refractivity contribution in [3.05, 3.63) is 36.0 Å². The van der Waals surface area contributed by atoms with Crippen LogP contribution in [0.5, 0.6) is 5.75 Å². The predicted octanol–water partition coefficient (Wildman–Crippen LogP) is 2.05. The smallest absolute Gasteiger partial charge is 0.410 e. The largest absolute Gasteiger partial charge is 0.496 e. The summed E-state index contributed by atoms with van der Waals surface area (Å²) in [6, 6.07) is 8.92. The summed E-state index contributed by atoms with van der Waals surface area (Å²) in [6.07, 6.45) is -0.385. The molecule has 3 rings (SSSR count). The van der Waals surface area contributed by atoms with Crippen LogP contribution in [-0.2, 0) is 9.53 Å². The Labute approximate surface area is 181 Å². The van der Waals surface area contributed by atoms with E-state index < -0.39 is 11.5 Å². The van der Waals surface area contributed by atoms with E-state index in [0.29, 0.717) is 37.4 Å². The number of rotatable bonds is 4. The zero-order chi connectivity index (χ0) is 22.6. The number of carbonyl (C=O) groups excluding carboxylic acids is 3. The zero-order valence-corrected chi connectivity index (χ0v) is 18.3. The van der Waals surface area contributed by atoms with E-state index in [1.807, 2.05) is 39.0 Å². The summed E-state index contributed by atoms with van der Waals surface area (Å²) in [5.41, 5.74) is 0.253. The molecule has 1 aromatic carbocycles. The fraction of sp³-hybridized carbons (Fsp3) is 0.455. The first-order valence-corrected chi connectivity index (χ1v) is 10.2. The lowest BCUT2D eigenvalue weighted by Gasteiger charge is -2.35. The van der Waals surface area contributed by atoms with Crippen molar-refractivity contribution in [3.63, 3.8) is 0 Å². The lowest BCUT2D eigenvalue weighted by Crippen LogP contribution is -2.53. The molecule has 0 aliphatic carbocycles. The third-order valence-electron chi connectivity index (χ3n) is 4.82. The highest BCUT2D eigenvalue weighted by molar-refractivity contribution is 5.98. The molecule has 1 fully saturated rings. The molecule has 3 amide bonds. The number of carbonyl (C=O) groups is 3. The first-order valence-electron chi connectivity index (χ1n) is 10.2. The topological polar surface area (TPSA) is 101 Å². The highest BCUT2D eigenvalue weighted by Gasteiger charge is 2.27. The van der Waals surface area contributed by atoms with Crippen molar-refractivity contribution < 1.29 is 23.9 Å². The number of nitrogens with zero attached hydrogens (tertiary/aromatic N) is 3. The van der Waals surface area contributed by atoms with Gasteiger partial charge in [-0.25, -0.2) is 9.78 Å². The highest BCUT2D eigenvalue weighted by Crippen LogP contribution is 2.24. The number of piperazine rings is 1. The number of hydrogen-bond donors (Lipinski definition) is 1. The molecule has 9 nitrogen and oxygen atoms in total. The Morgan fingerprint density at radius 3 is 2.35 bits per heavy atom. The number of aromatic nitrogens is 1. The van der Waals surface area contributed by atoms with Crippen LogP contribution in [0.1, 0.15) is 31.3 Å². The second-order valence-electron chi connectivity index (χ2n) is 8.26. The lowest BCUT2D eigenvalue weighted by atomic mass is 10.1. The standard InChI is InChI=1S/C22H28N4O5/c1-22(2,3)31-21(29)26-11-9-25(10-12-26)19(27)14-23-20(28)17-13-18(30-4)15-7-5-6-8-16(15)24-17/h5-8,13H,9-12,14H2,1-4H3,(H,23,28). The van der Waals surface area contributed by atoms with Gasteiger partial charge in [-0.1, -0.05) is 12.1 Å². The maximum absolute atomic E-state index is 12.5. The van der Waals surface area contributed by atoms with Gasteiger partial charge in [-0.15, -0.1) is 0 Å². The van der Waals surface area contributed by atoms with Crippen LogP contribution in [0.4, 0.5) is 4.79 Å². The van der Waals surface area contributed by atoms with E-state index in [1.54, 1.807) is 21.9 Å². The zero-order valence-electron chi connectivity index (χ0n) is 18.3. The van der Waals surface area contributed by atoms with Gasteiger partial charge in [-0.2, -0.15) is 0 Å². The molecule has 31 heavy (non-hydrogen) atoms. The van der Waals surface area contributed by atoms with Gasteiger partial charge in [0, 0.05) is 37.6 Å². The Morgan fingerprint density at radius 1 is 1.06 bits per heavy atom. The molecule has 1 aliphatic rings. The van der Waals surface area contributed by atoms with Crippen LogP contribution in [-0.4, -0.2) is 78.1 Å². The molecule has 1 aromatic heterocycles. The molecule has 2 heterocycles. The van der Waals surface area contributed by atoms with E-state index in [4.69, 9.17) is 9.47 Å². The van der Waals surface area contributed by atoms with Crippen molar-refractivity contribution in [2.45, 2.75) is 26.4 Å². The minimum absolute atomic E-state index is 0.151. The molecule has 0 unspecified atom stereocenters. The summed E-state index contributed by atoms with van der Waals surface area (Å²) in [5, 5.41) is 3.43. The van der Waals surface area contributed by atoms with E-state index in [9.17, 15) is 14.4 Å². The molecule has 9 heteroatoms. The van der Waals surface area contributed by atoms with E-state index >= 15 is 0 Å². The maximum atomic E-state index is 12.5. The summed E-state index contributed by atoms with van der Waals surface area (Å²) >= 11 is 0. The van der Waals surface area contributed by atoms with Gasteiger partial charge in [0.15, 0.2) is 0 Å². The third-order valence-corrected chi connectivity index (χ3v) is 4.82. The molecule has 0 radical (unpaired) electrons. The van der Waals surface area contributed by atoms with Crippen LogP contribution in [0.25, 0.3) is 10.9 Å². The Morgan fingerprint density at radius 2 is 1.71 bits per heavy atom. The van der Waals surface area contributed by atoms with Crippen molar-refractivity contribution in [2.75, 3.05) is 39.8 Å². The Bertz CT molecular complexity index is 978. The Hall–Kier alpha value is -3.36. The lowest BCUT2D eigenvalue weighted by molar-refractivity contribution is -0.131. The van der Waals surface area contributed by atoms with E-state index in [1.165, 1.54) is 7.11 Å².